The summed E-state index contributed by atoms with van der Waals surface area (Å²) in [6.07, 6.45) is 13.2. The van der Waals surface area contributed by atoms with E-state index < -0.39 is 0 Å². The Bertz CT molecular complexity index is 1010. The molecule has 0 spiro atoms. The molecule has 0 saturated carbocycles. The van der Waals surface area contributed by atoms with Crippen LogP contribution in [0.4, 0.5) is 0 Å². The number of fused-ring (bicyclic) bond motifs is 1. The molecule has 2 aromatic heterocycles. The van der Waals surface area contributed by atoms with Crippen molar-refractivity contribution in [2.45, 2.75) is 77.3 Å². The molecule has 174 valence electrons. The molecule has 1 atom stereocenters. The number of halogens is 1. The van der Waals surface area contributed by atoms with E-state index in [1.54, 1.807) is 0 Å². The topological polar surface area (TPSA) is 97.0 Å². The van der Waals surface area contributed by atoms with Crippen molar-refractivity contribution in [3.63, 3.8) is 0 Å². The average molecular weight is 459 g/mol. The Morgan fingerprint density at radius 2 is 1.94 bits per heavy atom. The fraction of sp³-hybridized carbons (Fsp3) is 0.542. The van der Waals surface area contributed by atoms with Crippen LogP contribution in [0, 0.1) is 5.41 Å². The predicted molar refractivity (Wildman–Crippen MR) is 131 cm³/mol. The molecular weight excluding hydrogens is 424 g/mol. The molecule has 1 fully saturated rings. The highest BCUT2D eigenvalue weighted by Gasteiger charge is 2.31. The van der Waals surface area contributed by atoms with Crippen LogP contribution in [0.2, 0.25) is 0 Å². The fourth-order valence-corrected chi connectivity index (χ4v) is 4.64. The van der Waals surface area contributed by atoms with Gasteiger partial charge in [0, 0.05) is 35.8 Å². The first-order chi connectivity index (χ1) is 15.2. The summed E-state index contributed by atoms with van der Waals surface area (Å²) in [6, 6.07) is 8.33. The maximum atomic E-state index is 7.78. The molecule has 1 aliphatic rings. The van der Waals surface area contributed by atoms with Crippen LogP contribution in [0.1, 0.15) is 76.6 Å². The van der Waals surface area contributed by atoms with Crippen molar-refractivity contribution >= 4 is 29.3 Å². The zero-order valence-corrected chi connectivity index (χ0v) is 19.7. The largest absolute Gasteiger partial charge is 0.370 e. The van der Waals surface area contributed by atoms with Gasteiger partial charge in [-0.05, 0) is 31.4 Å². The zero-order chi connectivity index (χ0) is 21.6. The van der Waals surface area contributed by atoms with Crippen LogP contribution in [0.15, 0.2) is 35.0 Å². The first-order valence-electron chi connectivity index (χ1n) is 11.7. The number of nitrogens with zero attached hydrogens (tertiary/aromatic N) is 4. The smallest absolute Gasteiger partial charge is 0.249 e. The Morgan fingerprint density at radius 1 is 1.16 bits per heavy atom. The lowest BCUT2D eigenvalue weighted by Crippen LogP contribution is -2.35. The summed E-state index contributed by atoms with van der Waals surface area (Å²) < 4.78 is 7.93. The molecule has 7 nitrogen and oxygen atoms in total. The molecule has 32 heavy (non-hydrogen) atoms. The van der Waals surface area contributed by atoms with Gasteiger partial charge in [0.15, 0.2) is 5.96 Å². The summed E-state index contributed by atoms with van der Waals surface area (Å²) in [4.78, 5) is 6.51. The second kappa shape index (κ2) is 11.4. The minimum Gasteiger partial charge on any atom is -0.370 e. The van der Waals surface area contributed by atoms with Crippen LogP contribution >= 0.6 is 12.4 Å². The van der Waals surface area contributed by atoms with E-state index in [1.165, 1.54) is 50.5 Å². The molecule has 1 aliphatic heterocycles. The minimum absolute atomic E-state index is 0. The summed E-state index contributed by atoms with van der Waals surface area (Å²) in [7, 11) is 0. The number of rotatable bonds is 10. The van der Waals surface area contributed by atoms with Crippen LogP contribution in [0.25, 0.3) is 22.3 Å². The van der Waals surface area contributed by atoms with Gasteiger partial charge in [-0.25, -0.2) is 0 Å². The lowest BCUT2D eigenvalue weighted by atomic mass is 10.1. The van der Waals surface area contributed by atoms with Crippen LogP contribution in [-0.2, 0) is 6.54 Å². The van der Waals surface area contributed by atoms with Crippen molar-refractivity contribution in [3.8, 4) is 11.4 Å². The summed E-state index contributed by atoms with van der Waals surface area (Å²) in [6.45, 7) is 4.05. The highest BCUT2D eigenvalue weighted by molar-refractivity contribution is 5.93. The van der Waals surface area contributed by atoms with E-state index in [0.29, 0.717) is 11.7 Å². The number of aromatic nitrogens is 3. The number of nitrogens with one attached hydrogen (secondary N) is 1. The molecule has 0 aliphatic carbocycles. The standard InChI is InChI=1S/C24H34N6O.ClH/c1-2-3-4-5-6-7-8-15-29-17-14-18-19(11-9-12-20(18)29)22-27-23(31-28-22)21-13-10-16-30(21)24(25)26;/h9,11-12,14,17,21H,2-8,10,13,15-16H2,1H3,(H3,25,26);1H/t21-;/m0./s1. The van der Waals surface area contributed by atoms with Crippen LogP contribution < -0.4 is 5.73 Å². The van der Waals surface area contributed by atoms with Gasteiger partial charge in [-0.3, -0.25) is 5.41 Å². The molecule has 0 unspecified atom stereocenters. The fourth-order valence-electron chi connectivity index (χ4n) is 4.64. The summed E-state index contributed by atoms with van der Waals surface area (Å²) in [5.41, 5.74) is 7.91. The number of aryl methyl sites for hydroxylation is 1. The first-order valence-corrected chi connectivity index (χ1v) is 11.7. The Kier molecular flexibility index (Phi) is 8.56. The first kappa shape index (κ1) is 24.1. The highest BCUT2D eigenvalue weighted by Crippen LogP contribution is 2.33. The monoisotopic (exact) mass is 458 g/mol. The number of likely N-dealkylation sites (tertiary alicyclic amines) is 1. The number of hydrogen-bond donors (Lipinski definition) is 2. The molecule has 1 saturated heterocycles. The van der Waals surface area contributed by atoms with Gasteiger partial charge in [0.2, 0.25) is 11.7 Å². The van der Waals surface area contributed by atoms with Crippen LogP contribution in [0.5, 0.6) is 0 Å². The third-order valence-corrected chi connectivity index (χ3v) is 6.35. The van der Waals surface area contributed by atoms with Gasteiger partial charge in [-0.1, -0.05) is 62.7 Å². The molecule has 8 heteroatoms. The van der Waals surface area contributed by atoms with Gasteiger partial charge >= 0.3 is 0 Å². The van der Waals surface area contributed by atoms with E-state index in [-0.39, 0.29) is 24.4 Å². The van der Waals surface area contributed by atoms with Crippen molar-refractivity contribution < 1.29 is 4.52 Å². The van der Waals surface area contributed by atoms with Gasteiger partial charge in [0.1, 0.15) is 6.04 Å². The third-order valence-electron chi connectivity index (χ3n) is 6.35. The van der Waals surface area contributed by atoms with E-state index >= 15 is 0 Å². The number of guanidine groups is 1. The maximum absolute atomic E-state index is 7.78. The molecule has 3 N–H and O–H groups in total. The molecule has 0 bridgehead atoms. The van der Waals surface area contributed by atoms with E-state index in [0.717, 1.165) is 36.9 Å². The van der Waals surface area contributed by atoms with E-state index in [9.17, 15) is 0 Å². The minimum atomic E-state index is -0.0973. The van der Waals surface area contributed by atoms with E-state index in [2.05, 4.69) is 46.0 Å². The second-order valence-corrected chi connectivity index (χ2v) is 8.56. The van der Waals surface area contributed by atoms with Crippen molar-refractivity contribution in [2.24, 2.45) is 5.73 Å². The molecule has 1 aromatic carbocycles. The van der Waals surface area contributed by atoms with E-state index in [4.69, 9.17) is 15.7 Å². The van der Waals surface area contributed by atoms with Gasteiger partial charge in [0.05, 0.1) is 0 Å². The number of hydrogen-bond acceptors (Lipinski definition) is 4. The van der Waals surface area contributed by atoms with Crippen molar-refractivity contribution in [3.05, 3.63) is 36.4 Å². The second-order valence-electron chi connectivity index (χ2n) is 8.56. The molecule has 3 heterocycles. The number of unbranched alkanes of at least 4 members (excludes halogenated alkanes) is 6. The quantitative estimate of drug-likeness (QED) is 0.224. The molecule has 3 aromatic rings. The highest BCUT2D eigenvalue weighted by atomic mass is 35.5. The van der Waals surface area contributed by atoms with Gasteiger partial charge in [-0.15, -0.1) is 12.4 Å². The summed E-state index contributed by atoms with van der Waals surface area (Å²) >= 11 is 0. The van der Waals surface area contributed by atoms with Gasteiger partial charge in [0.25, 0.3) is 0 Å². The van der Waals surface area contributed by atoms with Crippen molar-refractivity contribution in [2.75, 3.05) is 6.54 Å². The lowest BCUT2D eigenvalue weighted by Gasteiger charge is -2.21. The molecule has 0 radical (unpaired) electrons. The molecular formula is C24H35ClN6O. The van der Waals surface area contributed by atoms with Gasteiger partial charge < -0.3 is 19.7 Å². The predicted octanol–water partition coefficient (Wildman–Crippen LogP) is 5.89. The van der Waals surface area contributed by atoms with Crippen molar-refractivity contribution in [1.29, 1.82) is 5.41 Å². The Hall–Kier alpha value is -2.54. The van der Waals surface area contributed by atoms with Crippen LogP contribution in [0.3, 0.4) is 0 Å². The van der Waals surface area contributed by atoms with Gasteiger partial charge in [-0.2, -0.15) is 4.98 Å². The zero-order valence-electron chi connectivity index (χ0n) is 18.9. The Labute approximate surface area is 196 Å². The number of benzene rings is 1. The van der Waals surface area contributed by atoms with E-state index in [1.807, 2.05) is 11.0 Å². The normalized spacial score (nSPS) is 15.9. The summed E-state index contributed by atoms with van der Waals surface area (Å²) in [5.74, 6) is 1.21. The Morgan fingerprint density at radius 3 is 2.72 bits per heavy atom. The molecule has 4 rings (SSSR count). The lowest BCUT2D eigenvalue weighted by molar-refractivity contribution is 0.283. The Balaban J connectivity index is 0.00000289. The maximum Gasteiger partial charge on any atom is 0.249 e. The SMILES string of the molecule is CCCCCCCCCn1ccc2c(-c3noc([C@@H]4CCCN4C(=N)N)n3)cccc21.Cl. The summed E-state index contributed by atoms with van der Waals surface area (Å²) in [5, 5.41) is 13.2. The average Bonchev–Trinajstić information content (AvgIpc) is 3.51. The molecule has 0 amide bonds. The van der Waals surface area contributed by atoms with Crippen LogP contribution in [-0.4, -0.2) is 32.1 Å². The van der Waals surface area contributed by atoms with Crippen molar-refractivity contribution in [1.82, 2.24) is 19.6 Å². The number of nitrogens with two attached hydrogens (primary N) is 1. The third kappa shape index (κ3) is 5.26.